The van der Waals surface area contributed by atoms with Crippen molar-refractivity contribution in [1.29, 1.82) is 0 Å². The molecule has 26 heavy (non-hydrogen) atoms. The van der Waals surface area contributed by atoms with Crippen LogP contribution in [0.5, 0.6) is 5.75 Å². The van der Waals surface area contributed by atoms with Gasteiger partial charge in [0, 0.05) is 18.3 Å². The summed E-state index contributed by atoms with van der Waals surface area (Å²) >= 11 is 0. The number of aromatic nitrogens is 2. The number of fused-ring (bicyclic) bond motifs is 1. The number of carbonyl (C=O) groups is 1. The zero-order valence-electron chi connectivity index (χ0n) is 13.9. The molecule has 0 aliphatic carbocycles. The molecule has 3 aromatic rings. The van der Waals surface area contributed by atoms with Gasteiger partial charge >= 0.3 is 0 Å². The van der Waals surface area contributed by atoms with Gasteiger partial charge in [0.25, 0.3) is 5.91 Å². The first-order chi connectivity index (χ1) is 12.6. The Hall–Kier alpha value is -3.61. The Kier molecular flexibility index (Phi) is 3.89. The van der Waals surface area contributed by atoms with Gasteiger partial charge in [-0.25, -0.2) is 4.98 Å². The number of aromatic hydroxyl groups is 1. The van der Waals surface area contributed by atoms with Crippen LogP contribution in [0.2, 0.25) is 0 Å². The Bertz CT molecular complexity index is 989. The number of hydrogen-bond donors (Lipinski definition) is 3. The lowest BCUT2D eigenvalue weighted by Crippen LogP contribution is -2.30. The second-order valence-corrected chi connectivity index (χ2v) is 5.98. The van der Waals surface area contributed by atoms with Crippen molar-refractivity contribution in [2.45, 2.75) is 6.42 Å². The molecule has 7 nitrogen and oxygen atoms in total. The number of carbonyl (C=O) groups excluding carboxylic acids is 1. The van der Waals surface area contributed by atoms with Crippen LogP contribution in [-0.4, -0.2) is 27.5 Å². The number of phenols is 1. The van der Waals surface area contributed by atoms with Gasteiger partial charge in [-0.3, -0.25) is 4.79 Å². The first-order valence-corrected chi connectivity index (χ1v) is 8.21. The van der Waals surface area contributed by atoms with E-state index in [1.807, 2.05) is 24.3 Å². The zero-order chi connectivity index (χ0) is 18.1. The van der Waals surface area contributed by atoms with Gasteiger partial charge in [0.05, 0.1) is 5.69 Å². The molecule has 130 valence electrons. The molecule has 4 rings (SSSR count). The molecule has 0 fully saturated rings. The summed E-state index contributed by atoms with van der Waals surface area (Å²) in [5.74, 6) is 0.153. The van der Waals surface area contributed by atoms with E-state index in [9.17, 15) is 9.90 Å². The predicted octanol–water partition coefficient (Wildman–Crippen LogP) is 2.71. The van der Waals surface area contributed by atoms with Crippen LogP contribution in [0.25, 0.3) is 0 Å². The summed E-state index contributed by atoms with van der Waals surface area (Å²) in [4.78, 5) is 23.0. The molecule has 0 atom stereocenters. The van der Waals surface area contributed by atoms with Crippen LogP contribution < -0.4 is 16.0 Å². The molecular formula is C19H17N5O2. The van der Waals surface area contributed by atoms with Crippen molar-refractivity contribution in [3.05, 3.63) is 65.9 Å². The van der Waals surface area contributed by atoms with Gasteiger partial charge in [0.2, 0.25) is 5.95 Å². The highest BCUT2D eigenvalue weighted by Crippen LogP contribution is 2.29. The van der Waals surface area contributed by atoms with E-state index in [0.717, 1.165) is 17.7 Å². The van der Waals surface area contributed by atoms with Gasteiger partial charge in [-0.05, 0) is 30.2 Å². The third kappa shape index (κ3) is 2.90. The Labute approximate surface area is 150 Å². The van der Waals surface area contributed by atoms with Crippen molar-refractivity contribution in [3.8, 4) is 5.75 Å². The Balaban J connectivity index is 1.64. The fraction of sp³-hybridized carbons (Fsp3) is 0.105. The zero-order valence-corrected chi connectivity index (χ0v) is 13.9. The molecule has 0 saturated carbocycles. The predicted molar refractivity (Wildman–Crippen MR) is 99.7 cm³/mol. The number of nitrogen functional groups attached to an aromatic ring is 1. The topological polar surface area (TPSA) is 104 Å². The normalized spacial score (nSPS) is 12.7. The molecule has 4 N–H and O–H groups in total. The molecule has 1 aliphatic rings. The minimum Gasteiger partial charge on any atom is -0.506 e. The van der Waals surface area contributed by atoms with Gasteiger partial charge in [-0.15, -0.1) is 0 Å². The lowest BCUT2D eigenvalue weighted by Gasteiger charge is -2.17. The maximum absolute atomic E-state index is 12.9. The summed E-state index contributed by atoms with van der Waals surface area (Å²) in [6.45, 7) is 0.602. The Morgan fingerprint density at radius 3 is 2.73 bits per heavy atom. The Morgan fingerprint density at radius 2 is 1.88 bits per heavy atom. The SMILES string of the molecule is Nc1cc(C(=O)N2CCc3ccccc32)nc(Nc2ccccc2O)n1. The van der Waals surface area contributed by atoms with E-state index >= 15 is 0 Å². The maximum Gasteiger partial charge on any atom is 0.277 e. The van der Waals surface area contributed by atoms with Gasteiger partial charge in [-0.2, -0.15) is 4.98 Å². The van der Waals surface area contributed by atoms with Crippen LogP contribution >= 0.6 is 0 Å². The second-order valence-electron chi connectivity index (χ2n) is 5.98. The first-order valence-electron chi connectivity index (χ1n) is 8.21. The van der Waals surface area contributed by atoms with E-state index in [2.05, 4.69) is 15.3 Å². The number of para-hydroxylation sites is 3. The molecule has 1 amide bonds. The molecule has 0 radical (unpaired) electrons. The number of benzene rings is 2. The highest BCUT2D eigenvalue weighted by atomic mass is 16.3. The van der Waals surface area contributed by atoms with Crippen molar-refractivity contribution in [2.75, 3.05) is 22.5 Å². The highest BCUT2D eigenvalue weighted by molar-refractivity contribution is 6.06. The number of phenolic OH excluding ortho intramolecular Hbond substituents is 1. The summed E-state index contributed by atoms with van der Waals surface area (Å²) in [7, 11) is 0. The number of hydrogen-bond acceptors (Lipinski definition) is 6. The van der Waals surface area contributed by atoms with Crippen molar-refractivity contribution in [1.82, 2.24) is 9.97 Å². The number of nitrogens with zero attached hydrogens (tertiary/aromatic N) is 3. The molecule has 1 aromatic heterocycles. The molecule has 0 saturated heterocycles. The van der Waals surface area contributed by atoms with Crippen LogP contribution in [-0.2, 0) is 6.42 Å². The standard InChI is InChI=1S/C19H17N5O2/c20-17-11-14(18(26)24-10-9-12-5-1-3-7-15(12)24)22-19(23-17)21-13-6-2-4-8-16(13)25/h1-8,11,25H,9-10H2,(H3,20,21,22,23). The minimum atomic E-state index is -0.232. The van der Waals surface area contributed by atoms with Crippen LogP contribution in [0, 0.1) is 0 Å². The Morgan fingerprint density at radius 1 is 1.12 bits per heavy atom. The van der Waals surface area contributed by atoms with Crippen LogP contribution in [0.15, 0.2) is 54.6 Å². The summed E-state index contributed by atoms with van der Waals surface area (Å²) in [6.07, 6.45) is 0.811. The first kappa shape index (κ1) is 15.9. The van der Waals surface area contributed by atoms with E-state index in [1.54, 1.807) is 29.2 Å². The van der Waals surface area contributed by atoms with Gasteiger partial charge in [-0.1, -0.05) is 30.3 Å². The number of rotatable bonds is 3. The molecular weight excluding hydrogens is 330 g/mol. The molecule has 0 unspecified atom stereocenters. The maximum atomic E-state index is 12.9. The number of anilines is 4. The van der Waals surface area contributed by atoms with E-state index in [4.69, 9.17) is 5.73 Å². The molecule has 0 spiro atoms. The van der Waals surface area contributed by atoms with Crippen molar-refractivity contribution >= 4 is 29.0 Å². The molecule has 2 heterocycles. The van der Waals surface area contributed by atoms with Crippen molar-refractivity contribution in [3.63, 3.8) is 0 Å². The number of nitrogens with two attached hydrogens (primary N) is 1. The summed E-state index contributed by atoms with van der Waals surface area (Å²) < 4.78 is 0. The van der Waals surface area contributed by atoms with E-state index in [-0.39, 0.29) is 29.1 Å². The van der Waals surface area contributed by atoms with E-state index in [1.165, 1.54) is 6.07 Å². The van der Waals surface area contributed by atoms with E-state index < -0.39 is 0 Å². The van der Waals surface area contributed by atoms with Crippen LogP contribution in [0.4, 0.5) is 23.1 Å². The van der Waals surface area contributed by atoms with Crippen molar-refractivity contribution < 1.29 is 9.90 Å². The third-order valence-electron chi connectivity index (χ3n) is 4.25. The largest absolute Gasteiger partial charge is 0.506 e. The van der Waals surface area contributed by atoms with Gasteiger partial charge in [0.15, 0.2) is 0 Å². The average molecular weight is 347 g/mol. The van der Waals surface area contributed by atoms with Gasteiger partial charge < -0.3 is 21.1 Å². The smallest absolute Gasteiger partial charge is 0.277 e. The fourth-order valence-electron chi connectivity index (χ4n) is 3.02. The van der Waals surface area contributed by atoms with Gasteiger partial charge in [0.1, 0.15) is 17.3 Å². The fourth-order valence-corrected chi connectivity index (χ4v) is 3.02. The minimum absolute atomic E-state index is 0.0554. The van der Waals surface area contributed by atoms with E-state index in [0.29, 0.717) is 12.2 Å². The third-order valence-corrected chi connectivity index (χ3v) is 4.25. The molecule has 0 bridgehead atoms. The quantitative estimate of drug-likeness (QED) is 0.629. The summed E-state index contributed by atoms with van der Waals surface area (Å²) in [5, 5.41) is 12.8. The molecule has 2 aromatic carbocycles. The number of amides is 1. The van der Waals surface area contributed by atoms with Crippen molar-refractivity contribution in [2.24, 2.45) is 0 Å². The molecule has 1 aliphatic heterocycles. The number of nitrogens with one attached hydrogen (secondary N) is 1. The second kappa shape index (κ2) is 6.36. The summed E-state index contributed by atoms with van der Waals surface area (Å²) in [5.41, 5.74) is 8.52. The highest BCUT2D eigenvalue weighted by Gasteiger charge is 2.26. The lowest BCUT2D eigenvalue weighted by atomic mass is 10.2. The molecule has 7 heteroatoms. The lowest BCUT2D eigenvalue weighted by molar-refractivity contribution is 0.0984. The summed E-state index contributed by atoms with van der Waals surface area (Å²) in [6, 6.07) is 16.0. The monoisotopic (exact) mass is 347 g/mol. The average Bonchev–Trinajstić information content (AvgIpc) is 3.07. The van der Waals surface area contributed by atoms with Crippen LogP contribution in [0.1, 0.15) is 16.1 Å². The van der Waals surface area contributed by atoms with Crippen LogP contribution in [0.3, 0.4) is 0 Å².